The van der Waals surface area contributed by atoms with E-state index in [0.29, 0.717) is 6.07 Å². The zero-order chi connectivity index (χ0) is 23.4. The average Bonchev–Trinajstić information content (AvgIpc) is 3.39. The molecule has 2 heterocycles. The summed E-state index contributed by atoms with van der Waals surface area (Å²) < 4.78 is 32.0. The molecule has 0 bridgehead atoms. The van der Waals surface area contributed by atoms with E-state index in [9.17, 15) is 28.0 Å². The lowest BCUT2D eigenvalue weighted by Crippen LogP contribution is -2.56. The fraction of sp³-hybridized carbons (Fsp3) is 0.300. The molecule has 2 aromatic rings. The second-order valence-electron chi connectivity index (χ2n) is 7.20. The van der Waals surface area contributed by atoms with E-state index in [1.807, 2.05) is 0 Å². The van der Waals surface area contributed by atoms with Crippen LogP contribution in [0.15, 0.2) is 41.0 Å². The van der Waals surface area contributed by atoms with Crippen molar-refractivity contribution in [3.05, 3.63) is 54.0 Å². The zero-order valence-corrected chi connectivity index (χ0v) is 17.0. The van der Waals surface area contributed by atoms with Crippen molar-refractivity contribution in [2.24, 2.45) is 5.73 Å². The molecule has 10 nitrogen and oxygen atoms in total. The summed E-state index contributed by atoms with van der Waals surface area (Å²) in [7, 11) is 1.34. The fourth-order valence-electron chi connectivity index (χ4n) is 3.47. The Bertz CT molecular complexity index is 1030. The second-order valence-corrected chi connectivity index (χ2v) is 7.20. The van der Waals surface area contributed by atoms with E-state index in [-0.39, 0.29) is 24.4 Å². The largest absolute Gasteiger partial charge is 0.459 e. The molecule has 0 unspecified atom stereocenters. The number of nitrogens with zero attached hydrogens (tertiary/aromatic N) is 2. The van der Waals surface area contributed by atoms with Gasteiger partial charge in [0, 0.05) is 19.7 Å². The quantitative estimate of drug-likeness (QED) is 0.602. The Hall–Kier alpha value is -3.96. The lowest BCUT2D eigenvalue weighted by atomic mass is 10.1. The van der Waals surface area contributed by atoms with Crippen molar-refractivity contribution in [1.29, 1.82) is 0 Å². The van der Waals surface area contributed by atoms with Gasteiger partial charge in [0.1, 0.15) is 17.7 Å². The highest BCUT2D eigenvalue weighted by atomic mass is 19.1. The van der Waals surface area contributed by atoms with Crippen LogP contribution < -0.4 is 16.4 Å². The van der Waals surface area contributed by atoms with Gasteiger partial charge in [0.2, 0.25) is 11.8 Å². The first-order valence-electron chi connectivity index (χ1n) is 9.57. The van der Waals surface area contributed by atoms with Crippen molar-refractivity contribution in [2.45, 2.75) is 18.5 Å². The molecule has 1 aromatic heterocycles. The molecule has 170 valence electrons. The number of carbonyl (C=O) groups excluding carboxylic acids is 4. The summed E-state index contributed by atoms with van der Waals surface area (Å²) in [4.78, 5) is 51.8. The lowest BCUT2D eigenvalue weighted by Gasteiger charge is -2.30. The van der Waals surface area contributed by atoms with Crippen LogP contribution in [0.4, 0.5) is 19.3 Å². The molecule has 1 aliphatic heterocycles. The van der Waals surface area contributed by atoms with Crippen molar-refractivity contribution in [3.63, 3.8) is 0 Å². The number of rotatable bonds is 6. The number of hydrogen-bond acceptors (Lipinski definition) is 5. The van der Waals surface area contributed by atoms with Crippen molar-refractivity contribution in [3.8, 4) is 0 Å². The van der Waals surface area contributed by atoms with E-state index >= 15 is 0 Å². The number of anilines is 1. The average molecular weight is 449 g/mol. The minimum Gasteiger partial charge on any atom is -0.459 e. The van der Waals surface area contributed by atoms with Crippen LogP contribution in [0.2, 0.25) is 0 Å². The van der Waals surface area contributed by atoms with Gasteiger partial charge in [-0.3, -0.25) is 14.4 Å². The summed E-state index contributed by atoms with van der Waals surface area (Å²) >= 11 is 0. The fourth-order valence-corrected chi connectivity index (χ4v) is 3.47. The van der Waals surface area contributed by atoms with Gasteiger partial charge < -0.3 is 30.6 Å². The number of halogens is 2. The van der Waals surface area contributed by atoms with E-state index in [1.165, 1.54) is 30.3 Å². The third kappa shape index (κ3) is 5.02. The number of primary amides is 1. The van der Waals surface area contributed by atoms with E-state index < -0.39 is 54.0 Å². The molecule has 0 saturated carbocycles. The Morgan fingerprint density at radius 2 is 2.00 bits per heavy atom. The maximum atomic E-state index is 13.8. The van der Waals surface area contributed by atoms with Gasteiger partial charge in [0.15, 0.2) is 5.76 Å². The summed E-state index contributed by atoms with van der Waals surface area (Å²) in [5.74, 6) is -3.74. The number of likely N-dealkylation sites (N-methyl/N-ethyl adjacent to an activating group) is 1. The van der Waals surface area contributed by atoms with Gasteiger partial charge >= 0.3 is 6.03 Å². The van der Waals surface area contributed by atoms with E-state index in [0.717, 1.165) is 17.0 Å². The summed E-state index contributed by atoms with van der Waals surface area (Å²) in [5, 5.41) is 4.78. The van der Waals surface area contributed by atoms with E-state index in [2.05, 4.69) is 10.6 Å². The predicted octanol–water partition coefficient (Wildman–Crippen LogP) is 0.906. The number of amides is 5. The van der Waals surface area contributed by atoms with E-state index in [1.54, 1.807) is 0 Å². The van der Waals surface area contributed by atoms with Crippen molar-refractivity contribution in [2.75, 3.05) is 25.5 Å². The highest BCUT2D eigenvalue weighted by Crippen LogP contribution is 2.23. The molecule has 1 fully saturated rings. The van der Waals surface area contributed by atoms with E-state index in [4.69, 9.17) is 10.2 Å². The number of nitrogens with two attached hydrogens (primary N) is 1. The summed E-state index contributed by atoms with van der Waals surface area (Å²) in [6.07, 6.45) is 1.51. The smallest absolute Gasteiger partial charge is 0.319 e. The van der Waals surface area contributed by atoms with Crippen molar-refractivity contribution < 1.29 is 32.4 Å². The SMILES string of the molecule is CN(CC(N)=O)C(=O)[C@@H]1[C@@H](NC(=O)Nc2ccc(F)cc2F)CCN1C(=O)c1ccco1. The first-order valence-corrected chi connectivity index (χ1v) is 9.57. The number of urea groups is 1. The topological polar surface area (TPSA) is 138 Å². The van der Waals surface area contributed by atoms with Crippen LogP contribution in [-0.4, -0.2) is 65.8 Å². The Morgan fingerprint density at radius 1 is 1.25 bits per heavy atom. The minimum atomic E-state index is -1.17. The molecule has 0 spiro atoms. The predicted molar refractivity (Wildman–Crippen MR) is 107 cm³/mol. The van der Waals surface area contributed by atoms with Gasteiger partial charge in [0.05, 0.1) is 24.5 Å². The normalized spacial score (nSPS) is 17.7. The summed E-state index contributed by atoms with van der Waals surface area (Å²) in [5.41, 5.74) is 4.89. The Kier molecular flexibility index (Phi) is 6.71. The number of hydrogen-bond donors (Lipinski definition) is 3. The number of carbonyl (C=O) groups is 4. The van der Waals surface area contributed by atoms with Crippen LogP contribution in [0, 0.1) is 11.6 Å². The van der Waals surface area contributed by atoms with Gasteiger partial charge in [-0.05, 0) is 30.7 Å². The van der Waals surface area contributed by atoms with Gasteiger partial charge in [-0.15, -0.1) is 0 Å². The lowest BCUT2D eigenvalue weighted by molar-refractivity contribution is -0.137. The molecule has 3 rings (SSSR count). The Labute approximate surface area is 181 Å². The molecular weight excluding hydrogens is 428 g/mol. The second kappa shape index (κ2) is 9.45. The van der Waals surface area contributed by atoms with Crippen molar-refractivity contribution in [1.82, 2.24) is 15.1 Å². The molecule has 0 radical (unpaired) electrons. The van der Waals surface area contributed by atoms with Crippen LogP contribution in [-0.2, 0) is 9.59 Å². The molecular formula is C20H21F2N5O5. The van der Waals surface area contributed by atoms with Crippen LogP contribution in [0.3, 0.4) is 0 Å². The molecule has 1 aromatic carbocycles. The van der Waals surface area contributed by atoms with Crippen LogP contribution in [0.5, 0.6) is 0 Å². The standard InChI is InChI=1S/C20H21F2N5O5/c1-26(10-16(23)28)19(30)17-14(6-7-27(17)18(29)15-3-2-8-32-15)25-20(31)24-13-5-4-11(21)9-12(13)22/h2-5,8-9,14,17H,6-7,10H2,1H3,(H2,23,28)(H2,24,25,31)/t14-,17-/m0/s1. The van der Waals surface area contributed by atoms with Gasteiger partial charge in [-0.2, -0.15) is 0 Å². The molecule has 4 N–H and O–H groups in total. The first kappa shape index (κ1) is 22.7. The number of benzene rings is 1. The maximum Gasteiger partial charge on any atom is 0.319 e. The number of nitrogens with one attached hydrogen (secondary N) is 2. The first-order chi connectivity index (χ1) is 15.2. The molecule has 5 amide bonds. The van der Waals surface area contributed by atoms with Gasteiger partial charge in [-0.1, -0.05) is 0 Å². The Morgan fingerprint density at radius 3 is 2.62 bits per heavy atom. The molecule has 1 saturated heterocycles. The molecule has 12 heteroatoms. The highest BCUT2D eigenvalue weighted by Gasteiger charge is 2.44. The van der Waals surface area contributed by atoms with Crippen LogP contribution in [0.1, 0.15) is 17.0 Å². The monoisotopic (exact) mass is 449 g/mol. The molecule has 2 atom stereocenters. The summed E-state index contributed by atoms with van der Waals surface area (Å²) in [6.45, 7) is -0.284. The molecule has 1 aliphatic rings. The summed E-state index contributed by atoms with van der Waals surface area (Å²) in [6, 6.07) is 2.70. The molecule has 32 heavy (non-hydrogen) atoms. The third-order valence-electron chi connectivity index (χ3n) is 4.91. The highest BCUT2D eigenvalue weighted by molar-refractivity contribution is 5.98. The maximum absolute atomic E-state index is 13.8. The van der Waals surface area contributed by atoms with Gasteiger partial charge in [0.25, 0.3) is 5.91 Å². The van der Waals surface area contributed by atoms with Crippen molar-refractivity contribution >= 4 is 29.4 Å². The third-order valence-corrected chi connectivity index (χ3v) is 4.91. The zero-order valence-electron chi connectivity index (χ0n) is 17.0. The van der Waals surface area contributed by atoms with Gasteiger partial charge in [-0.25, -0.2) is 13.6 Å². The minimum absolute atomic E-state index is 0.00107. The van der Waals surface area contributed by atoms with Crippen LogP contribution in [0.25, 0.3) is 0 Å². The molecule has 0 aliphatic carbocycles. The Balaban J connectivity index is 1.79. The van der Waals surface area contributed by atoms with Crippen LogP contribution >= 0.6 is 0 Å². The number of likely N-dealkylation sites (tertiary alicyclic amines) is 1. The number of furan rings is 1.